The number of nitrogens with zero attached hydrogens (tertiary/aromatic N) is 1. The molecule has 0 aromatic heterocycles. The van der Waals surface area contributed by atoms with Crippen LogP contribution in [0.4, 0.5) is 0 Å². The Morgan fingerprint density at radius 2 is 2.24 bits per heavy atom. The number of methoxy groups -OCH3 is 1. The summed E-state index contributed by atoms with van der Waals surface area (Å²) in [6.07, 6.45) is 6.94. The van der Waals surface area contributed by atoms with Gasteiger partial charge in [0.15, 0.2) is 11.5 Å². The molecule has 2 rings (SSSR count). The molecule has 1 amide bonds. The minimum absolute atomic E-state index is 0.100. The molecule has 1 aliphatic rings. The van der Waals surface area contributed by atoms with Crippen LogP contribution < -0.4 is 9.47 Å². The summed E-state index contributed by atoms with van der Waals surface area (Å²) in [7, 11) is 3.21. The number of thiocarbonyl (C=S) groups is 1. The number of amides is 1. The van der Waals surface area contributed by atoms with Crippen molar-refractivity contribution in [3.05, 3.63) is 28.7 Å². The summed E-state index contributed by atoms with van der Waals surface area (Å²) in [4.78, 5) is 14.0. The van der Waals surface area contributed by atoms with Gasteiger partial charge in [0, 0.05) is 7.05 Å². The van der Waals surface area contributed by atoms with Crippen LogP contribution in [0.1, 0.15) is 5.56 Å². The molecule has 1 aromatic rings. The Bertz CT molecular complexity index is 661. The normalized spacial score (nSPS) is 16.2. The number of terminal acetylenes is 1. The van der Waals surface area contributed by atoms with Crippen molar-refractivity contribution in [3.8, 4) is 23.8 Å². The topological polar surface area (TPSA) is 38.8 Å². The molecule has 0 spiro atoms. The third-order valence-corrected chi connectivity index (χ3v) is 4.27. The van der Waals surface area contributed by atoms with Gasteiger partial charge in [-0.25, -0.2) is 0 Å². The molecule has 0 saturated carbocycles. The van der Waals surface area contributed by atoms with E-state index >= 15 is 0 Å². The third-order valence-electron chi connectivity index (χ3n) is 2.78. The number of thioether (sulfide) groups is 1. The number of carbonyl (C=O) groups is 1. The fraction of sp³-hybridized carbons (Fsp3) is 0.200. The highest BCUT2D eigenvalue weighted by Crippen LogP contribution is 2.33. The van der Waals surface area contributed by atoms with E-state index in [0.29, 0.717) is 20.7 Å². The van der Waals surface area contributed by atoms with Crippen molar-refractivity contribution >= 4 is 40.3 Å². The lowest BCUT2D eigenvalue weighted by Gasteiger charge is -2.09. The summed E-state index contributed by atoms with van der Waals surface area (Å²) < 4.78 is 11.2. The summed E-state index contributed by atoms with van der Waals surface area (Å²) in [6, 6.07) is 5.37. The second kappa shape index (κ2) is 6.66. The van der Waals surface area contributed by atoms with Crippen LogP contribution in [0.5, 0.6) is 11.5 Å². The van der Waals surface area contributed by atoms with Crippen molar-refractivity contribution in [2.45, 2.75) is 0 Å². The summed E-state index contributed by atoms with van der Waals surface area (Å²) in [5.74, 6) is 3.42. The molecule has 1 heterocycles. The highest BCUT2D eigenvalue weighted by atomic mass is 32.2. The summed E-state index contributed by atoms with van der Waals surface area (Å²) in [5, 5.41) is 0. The van der Waals surface area contributed by atoms with Crippen molar-refractivity contribution in [3.63, 3.8) is 0 Å². The third kappa shape index (κ3) is 3.38. The molecule has 1 saturated heterocycles. The van der Waals surface area contributed by atoms with Crippen molar-refractivity contribution in [1.82, 2.24) is 4.90 Å². The SMILES string of the molecule is C#CCOc1ccc(C=C2SC(=S)N(C)C2=O)cc1OC. The first kappa shape index (κ1) is 15.4. The van der Waals surface area contributed by atoms with Crippen LogP contribution in [0.25, 0.3) is 6.08 Å². The van der Waals surface area contributed by atoms with Crippen LogP contribution in [0.2, 0.25) is 0 Å². The van der Waals surface area contributed by atoms with Gasteiger partial charge < -0.3 is 9.47 Å². The Morgan fingerprint density at radius 3 is 2.81 bits per heavy atom. The number of carbonyl (C=O) groups excluding carboxylic acids is 1. The number of likely N-dealkylation sites (N-methyl/N-ethyl adjacent to an activating group) is 1. The Kier molecular flexibility index (Phi) is 4.89. The minimum Gasteiger partial charge on any atom is -0.493 e. The fourth-order valence-corrected chi connectivity index (χ4v) is 2.89. The average molecular weight is 319 g/mol. The molecule has 6 heteroatoms. The number of hydrogen-bond donors (Lipinski definition) is 0. The average Bonchev–Trinajstić information content (AvgIpc) is 2.73. The molecule has 21 heavy (non-hydrogen) atoms. The van der Waals surface area contributed by atoms with Gasteiger partial charge >= 0.3 is 0 Å². The molecule has 0 unspecified atom stereocenters. The van der Waals surface area contributed by atoms with Crippen molar-refractivity contribution in [2.75, 3.05) is 20.8 Å². The molecule has 0 radical (unpaired) electrons. The zero-order valence-electron chi connectivity index (χ0n) is 11.6. The quantitative estimate of drug-likeness (QED) is 0.484. The van der Waals surface area contributed by atoms with Gasteiger partial charge in [0.25, 0.3) is 5.91 Å². The summed E-state index contributed by atoms with van der Waals surface area (Å²) in [5.41, 5.74) is 0.828. The van der Waals surface area contributed by atoms with E-state index in [1.807, 2.05) is 6.07 Å². The molecule has 0 aliphatic carbocycles. The van der Waals surface area contributed by atoms with Gasteiger partial charge in [-0.1, -0.05) is 36.0 Å². The maximum Gasteiger partial charge on any atom is 0.265 e. The highest BCUT2D eigenvalue weighted by Gasteiger charge is 2.28. The molecular formula is C15H13NO3S2. The van der Waals surface area contributed by atoms with Crippen molar-refractivity contribution in [2.24, 2.45) is 0 Å². The zero-order valence-corrected chi connectivity index (χ0v) is 13.2. The largest absolute Gasteiger partial charge is 0.493 e. The van der Waals surface area contributed by atoms with Gasteiger partial charge in [-0.3, -0.25) is 9.69 Å². The van der Waals surface area contributed by atoms with E-state index in [9.17, 15) is 4.79 Å². The Labute approximate surface area is 133 Å². The molecule has 0 bridgehead atoms. The van der Waals surface area contributed by atoms with Gasteiger partial charge in [-0.2, -0.15) is 0 Å². The van der Waals surface area contributed by atoms with Crippen molar-refractivity contribution < 1.29 is 14.3 Å². The number of hydrogen-bond acceptors (Lipinski definition) is 5. The number of rotatable bonds is 4. The lowest BCUT2D eigenvalue weighted by molar-refractivity contribution is -0.121. The Balaban J connectivity index is 2.28. The lowest BCUT2D eigenvalue weighted by atomic mass is 10.2. The predicted octanol–water partition coefficient (Wildman–Crippen LogP) is 2.54. The number of benzene rings is 1. The van der Waals surface area contributed by atoms with E-state index in [4.69, 9.17) is 28.1 Å². The molecule has 0 atom stereocenters. The first-order valence-corrected chi connectivity index (χ1v) is 7.25. The van der Waals surface area contributed by atoms with Crippen LogP contribution in [-0.4, -0.2) is 35.9 Å². The Hall–Kier alpha value is -1.97. The van der Waals surface area contributed by atoms with Crippen LogP contribution in [0.15, 0.2) is 23.1 Å². The van der Waals surface area contributed by atoms with E-state index in [0.717, 1.165) is 5.56 Å². The van der Waals surface area contributed by atoms with Crippen LogP contribution >= 0.6 is 24.0 Å². The van der Waals surface area contributed by atoms with Crippen LogP contribution in [-0.2, 0) is 4.79 Å². The van der Waals surface area contributed by atoms with E-state index in [1.165, 1.54) is 16.7 Å². The molecular weight excluding hydrogens is 306 g/mol. The molecule has 1 aromatic carbocycles. The fourth-order valence-electron chi connectivity index (χ4n) is 1.71. The molecule has 108 valence electrons. The van der Waals surface area contributed by atoms with E-state index in [2.05, 4.69) is 5.92 Å². The predicted molar refractivity (Wildman–Crippen MR) is 88.3 cm³/mol. The van der Waals surface area contributed by atoms with Crippen LogP contribution in [0.3, 0.4) is 0 Å². The molecule has 1 aliphatic heterocycles. The summed E-state index contributed by atoms with van der Waals surface area (Å²) in [6.45, 7) is 0.171. The van der Waals surface area contributed by atoms with E-state index in [1.54, 1.807) is 32.4 Å². The maximum absolute atomic E-state index is 12.0. The highest BCUT2D eigenvalue weighted by molar-refractivity contribution is 8.26. The van der Waals surface area contributed by atoms with Gasteiger partial charge in [-0.05, 0) is 23.8 Å². The monoisotopic (exact) mass is 319 g/mol. The standard InChI is InChI=1S/C15H13NO3S2/c1-4-7-19-11-6-5-10(8-12(11)18-3)9-13-14(17)16(2)15(20)21-13/h1,5-6,8-9H,7H2,2-3H3. The molecule has 4 nitrogen and oxygen atoms in total. The lowest BCUT2D eigenvalue weighted by Crippen LogP contribution is -2.22. The molecule has 1 fully saturated rings. The first-order chi connectivity index (χ1) is 10.1. The van der Waals surface area contributed by atoms with Gasteiger partial charge in [0.1, 0.15) is 10.9 Å². The van der Waals surface area contributed by atoms with Gasteiger partial charge in [-0.15, -0.1) is 6.42 Å². The number of ether oxygens (including phenoxy) is 2. The second-order valence-corrected chi connectivity index (χ2v) is 5.82. The molecule has 0 N–H and O–H groups in total. The first-order valence-electron chi connectivity index (χ1n) is 6.02. The summed E-state index contributed by atoms with van der Waals surface area (Å²) >= 11 is 6.37. The Morgan fingerprint density at radius 1 is 1.48 bits per heavy atom. The minimum atomic E-state index is -0.100. The van der Waals surface area contributed by atoms with Crippen molar-refractivity contribution in [1.29, 1.82) is 0 Å². The van der Waals surface area contributed by atoms with E-state index in [-0.39, 0.29) is 12.5 Å². The maximum atomic E-state index is 12.0. The van der Waals surface area contributed by atoms with Gasteiger partial charge in [0.2, 0.25) is 0 Å². The van der Waals surface area contributed by atoms with Crippen LogP contribution in [0, 0.1) is 12.3 Å². The van der Waals surface area contributed by atoms with E-state index < -0.39 is 0 Å². The smallest absolute Gasteiger partial charge is 0.265 e. The zero-order chi connectivity index (χ0) is 15.4. The second-order valence-electron chi connectivity index (χ2n) is 4.14. The van der Waals surface area contributed by atoms with Gasteiger partial charge in [0.05, 0.1) is 12.0 Å².